The molecule has 4 atom stereocenters. The minimum absolute atomic E-state index is 0.188. The molecule has 2 saturated carbocycles. The molecule has 7 N–H and O–H groups in total. The van der Waals surface area contributed by atoms with Gasteiger partial charge in [0.25, 0.3) is 0 Å². The fourth-order valence-electron chi connectivity index (χ4n) is 5.65. The highest BCUT2D eigenvalue weighted by atomic mass is 35.5. The molecule has 2 aromatic carbocycles. The number of hydrogen-bond donors (Lipinski definition) is 7. The van der Waals surface area contributed by atoms with Crippen LogP contribution in [-0.2, 0) is 23.3 Å². The number of carbonyl (C=O) groups excluding carboxylic acids is 1. The van der Waals surface area contributed by atoms with Gasteiger partial charge in [-0.25, -0.2) is 0 Å². The van der Waals surface area contributed by atoms with Crippen LogP contribution < -0.4 is 15.4 Å². The Labute approximate surface area is 284 Å². The number of nitrogens with zero attached hydrogens (tertiary/aromatic N) is 1. The molecule has 0 unspecified atom stereocenters. The van der Waals surface area contributed by atoms with Gasteiger partial charge >= 0.3 is 0 Å². The molecule has 47 heavy (non-hydrogen) atoms. The maximum absolute atomic E-state index is 12.2. The van der Waals surface area contributed by atoms with Crippen molar-refractivity contribution in [1.29, 1.82) is 0 Å². The highest BCUT2D eigenvalue weighted by Crippen LogP contribution is 2.50. The Morgan fingerprint density at radius 1 is 0.957 bits per heavy atom. The first-order valence-corrected chi connectivity index (χ1v) is 16.9. The number of carbonyl (C=O) groups is 1. The molecule has 2 aliphatic rings. The molecular weight excluding hydrogens is 645 g/mol. The van der Waals surface area contributed by atoms with Gasteiger partial charge in [0.1, 0.15) is 24.1 Å². The Kier molecular flexibility index (Phi) is 12.1. The minimum Gasteiger partial charge on any atom is -0.490 e. The second kappa shape index (κ2) is 16.1. The van der Waals surface area contributed by atoms with E-state index in [4.69, 9.17) is 33.0 Å². The lowest BCUT2D eigenvalue weighted by Crippen LogP contribution is -2.49. The first kappa shape index (κ1) is 35.5. The maximum atomic E-state index is 12.2. The molecule has 5 rings (SSSR count). The fraction of sp³-hybridized carbons (Fsp3) is 0.486. The number of pyridine rings is 1. The highest BCUT2D eigenvalue weighted by Gasteiger charge is 2.46. The predicted molar refractivity (Wildman–Crippen MR) is 179 cm³/mol. The van der Waals surface area contributed by atoms with E-state index in [2.05, 4.69) is 27.8 Å². The number of amides is 1. The molecule has 3 aromatic rings. The van der Waals surface area contributed by atoms with Crippen LogP contribution >= 0.6 is 23.2 Å². The molecule has 1 aromatic heterocycles. The van der Waals surface area contributed by atoms with Crippen molar-refractivity contribution in [2.45, 2.75) is 94.0 Å². The van der Waals surface area contributed by atoms with Crippen LogP contribution in [0.2, 0.25) is 10.0 Å². The van der Waals surface area contributed by atoms with Crippen molar-refractivity contribution in [3.8, 4) is 16.9 Å². The Balaban J connectivity index is 1.12. The lowest BCUT2D eigenvalue weighted by molar-refractivity contribution is -0.126. The van der Waals surface area contributed by atoms with Gasteiger partial charge in [-0.2, -0.15) is 0 Å². The van der Waals surface area contributed by atoms with Crippen molar-refractivity contribution in [3.63, 3.8) is 0 Å². The summed E-state index contributed by atoms with van der Waals surface area (Å²) in [5.74, 6) is 0.569. The van der Waals surface area contributed by atoms with Crippen LogP contribution in [-0.4, -0.2) is 80.1 Å². The van der Waals surface area contributed by atoms with E-state index in [-0.39, 0.29) is 24.4 Å². The van der Waals surface area contributed by atoms with Gasteiger partial charge in [-0.05, 0) is 91.5 Å². The molecule has 10 nitrogen and oxygen atoms in total. The van der Waals surface area contributed by atoms with E-state index in [0.29, 0.717) is 42.0 Å². The number of ether oxygens (including phenoxy) is 1. The van der Waals surface area contributed by atoms with Gasteiger partial charge in [0.05, 0.1) is 18.8 Å². The Hall–Kier alpha value is -2.80. The van der Waals surface area contributed by atoms with Crippen molar-refractivity contribution in [2.24, 2.45) is 0 Å². The maximum Gasteiger partial charge on any atom is 0.220 e. The molecule has 1 amide bonds. The Morgan fingerprint density at radius 3 is 2.38 bits per heavy atom. The summed E-state index contributed by atoms with van der Waals surface area (Å²) in [5.41, 5.74) is 4.88. The van der Waals surface area contributed by atoms with Crippen LogP contribution in [0.3, 0.4) is 0 Å². The SMILES string of the molecule is O=C(CCCCc1cc(Cl)c(CNC2(c3cnccc3-c3ccccc3OC3CC3)CC2)cc1Cl)NC[C@H](O)[C@@H](O)[C@H](O)[C@H](O)CO. The number of aliphatic hydroxyl groups excluding tert-OH is 5. The monoisotopic (exact) mass is 687 g/mol. The van der Waals surface area contributed by atoms with Gasteiger partial charge in [-0.3, -0.25) is 9.78 Å². The molecule has 0 spiro atoms. The molecule has 2 fully saturated rings. The summed E-state index contributed by atoms with van der Waals surface area (Å²) in [6.45, 7) is -0.547. The van der Waals surface area contributed by atoms with Crippen LogP contribution in [0.25, 0.3) is 11.1 Å². The molecule has 0 radical (unpaired) electrons. The smallest absolute Gasteiger partial charge is 0.220 e. The second-order valence-electron chi connectivity index (χ2n) is 12.5. The first-order chi connectivity index (χ1) is 22.6. The van der Waals surface area contributed by atoms with E-state index < -0.39 is 31.0 Å². The number of hydrogen-bond acceptors (Lipinski definition) is 9. The summed E-state index contributed by atoms with van der Waals surface area (Å²) in [7, 11) is 0. The van der Waals surface area contributed by atoms with Crippen LogP contribution in [0.4, 0.5) is 0 Å². The lowest BCUT2D eigenvalue weighted by Gasteiger charge is -2.25. The second-order valence-corrected chi connectivity index (χ2v) is 13.3. The Morgan fingerprint density at radius 2 is 1.66 bits per heavy atom. The van der Waals surface area contributed by atoms with E-state index in [1.807, 2.05) is 42.7 Å². The number of aryl methyl sites for hydroxylation is 1. The molecule has 0 aliphatic heterocycles. The third-order valence-electron chi connectivity index (χ3n) is 8.85. The molecule has 0 bridgehead atoms. The van der Waals surface area contributed by atoms with Crippen LogP contribution in [0.1, 0.15) is 61.6 Å². The molecular formula is C35H43Cl2N3O7. The van der Waals surface area contributed by atoms with Crippen LogP contribution in [0, 0.1) is 0 Å². The summed E-state index contributed by atoms with van der Waals surface area (Å²) in [5, 5.41) is 55.3. The predicted octanol–water partition coefficient (Wildman–Crippen LogP) is 3.64. The first-order valence-electron chi connectivity index (χ1n) is 16.1. The zero-order valence-electron chi connectivity index (χ0n) is 26.1. The lowest BCUT2D eigenvalue weighted by atomic mass is 9.94. The topological polar surface area (TPSA) is 164 Å². The van der Waals surface area contributed by atoms with Gasteiger partial charge in [0.2, 0.25) is 5.91 Å². The average Bonchev–Trinajstić information content (AvgIpc) is 4.03. The summed E-state index contributed by atoms with van der Waals surface area (Å²) in [4.78, 5) is 16.7. The molecule has 0 saturated heterocycles. The number of aromatic nitrogens is 1. The summed E-state index contributed by atoms with van der Waals surface area (Å²) >= 11 is 13.4. The number of aliphatic hydroxyl groups is 5. The number of halogens is 2. The van der Waals surface area contributed by atoms with Crippen molar-refractivity contribution in [2.75, 3.05) is 13.2 Å². The zero-order chi connectivity index (χ0) is 33.6. The third kappa shape index (κ3) is 9.22. The van der Waals surface area contributed by atoms with Crippen molar-refractivity contribution < 1.29 is 35.1 Å². The normalized spacial score (nSPS) is 17.9. The number of unbranched alkanes of at least 4 members (excludes halogenated alkanes) is 1. The van der Waals surface area contributed by atoms with Gasteiger partial charge in [0, 0.05) is 53.1 Å². The highest BCUT2D eigenvalue weighted by molar-refractivity contribution is 6.34. The zero-order valence-corrected chi connectivity index (χ0v) is 27.6. The Bertz CT molecular complexity index is 1520. The van der Waals surface area contributed by atoms with Gasteiger partial charge in [-0.1, -0.05) is 41.4 Å². The average molecular weight is 689 g/mol. The minimum atomic E-state index is -1.74. The van der Waals surface area contributed by atoms with Crippen LogP contribution in [0.5, 0.6) is 5.75 Å². The third-order valence-corrected chi connectivity index (χ3v) is 9.55. The molecule has 2 aliphatic carbocycles. The van der Waals surface area contributed by atoms with E-state index in [0.717, 1.165) is 59.3 Å². The van der Waals surface area contributed by atoms with Gasteiger partial charge < -0.3 is 40.9 Å². The van der Waals surface area contributed by atoms with Crippen molar-refractivity contribution in [3.05, 3.63) is 81.6 Å². The van der Waals surface area contributed by atoms with Crippen molar-refractivity contribution in [1.82, 2.24) is 15.6 Å². The summed E-state index contributed by atoms with van der Waals surface area (Å²) in [6.07, 6.45) is 3.67. The number of benzene rings is 2. The quantitative estimate of drug-likeness (QED) is 0.0989. The largest absolute Gasteiger partial charge is 0.490 e. The number of nitrogens with one attached hydrogen (secondary N) is 2. The van der Waals surface area contributed by atoms with Gasteiger partial charge in [-0.15, -0.1) is 0 Å². The summed E-state index contributed by atoms with van der Waals surface area (Å²) < 4.78 is 6.23. The standard InChI is InChI=1S/C35H43Cl2N3O7/c36-27-16-22(28(37)15-21(27)5-1-4-8-32(44)39-19-29(42)33(45)34(46)30(43)20-41)17-40-35(12-13-35)26-18-38-14-11-24(26)25-6-2-3-7-31(25)47-23-9-10-23/h2-3,6-7,11,14-16,18,23,29-30,33-34,40-43,45-46H,1,4-5,8-10,12-13,17,19-20H2,(H,39,44)/t29-,30+,33+,34+/m0/s1. The number of rotatable bonds is 18. The fourth-order valence-corrected chi connectivity index (χ4v) is 6.18. The van der Waals surface area contributed by atoms with E-state index in [9.17, 15) is 25.2 Å². The molecule has 254 valence electrons. The van der Waals surface area contributed by atoms with Crippen molar-refractivity contribution >= 4 is 29.1 Å². The molecule has 12 heteroatoms. The van der Waals surface area contributed by atoms with E-state index in [1.165, 1.54) is 0 Å². The van der Waals surface area contributed by atoms with E-state index in [1.54, 1.807) is 0 Å². The number of para-hydroxylation sites is 1. The van der Waals surface area contributed by atoms with E-state index >= 15 is 0 Å². The van der Waals surface area contributed by atoms with Crippen LogP contribution in [0.15, 0.2) is 54.9 Å². The van der Waals surface area contributed by atoms with Gasteiger partial charge in [0.15, 0.2) is 0 Å². The summed E-state index contributed by atoms with van der Waals surface area (Å²) in [6, 6.07) is 14.0. The molecule has 1 heterocycles.